The lowest BCUT2D eigenvalue weighted by atomic mass is 9.74. The van der Waals surface area contributed by atoms with Crippen LogP contribution < -0.4 is 5.32 Å². The molecule has 2 N–H and O–H groups in total. The van der Waals surface area contributed by atoms with Gasteiger partial charge in [0.25, 0.3) is 5.91 Å². The van der Waals surface area contributed by atoms with E-state index < -0.39 is 0 Å². The molecule has 0 aliphatic heterocycles. The molecule has 0 bridgehead atoms. The molecule has 0 radical (unpaired) electrons. The largest absolute Gasteiger partial charge is 0.508 e. The van der Waals surface area contributed by atoms with Crippen molar-refractivity contribution < 1.29 is 19.4 Å². The maximum Gasteiger partial charge on any atom is 0.307 e. The molecule has 6 heteroatoms. The summed E-state index contributed by atoms with van der Waals surface area (Å²) in [6.45, 7) is 4.50. The normalized spacial score (nSPS) is 12.6. The number of benzene rings is 4. The molecule has 4 rings (SSSR count). The van der Waals surface area contributed by atoms with E-state index in [0.717, 1.165) is 34.7 Å². The molecule has 5 nitrogen and oxygen atoms in total. The van der Waals surface area contributed by atoms with Crippen LogP contribution >= 0.6 is 11.6 Å². The zero-order valence-electron chi connectivity index (χ0n) is 22.3. The Morgan fingerprint density at radius 3 is 2.18 bits per heavy atom. The first-order valence-corrected chi connectivity index (χ1v) is 13.8. The van der Waals surface area contributed by atoms with Crippen molar-refractivity contribution in [3.8, 4) is 5.75 Å². The van der Waals surface area contributed by atoms with Crippen LogP contribution in [0.25, 0.3) is 10.8 Å². The molecule has 4 aromatic carbocycles. The number of carbonyl (C=O) groups is 2. The summed E-state index contributed by atoms with van der Waals surface area (Å²) in [5.74, 6) is -0.0751. The lowest BCUT2D eigenvalue weighted by molar-refractivity contribution is -0.142. The fourth-order valence-corrected chi connectivity index (χ4v) is 5.23. The standard InChI is InChI=1S/C33H34ClNO4/c1-3-5-30(22-6-8-24(9-7-22)33(38)35-19-18-31(37)39-4-2)32(23-12-15-28(34)16-13-23)27-11-10-26-21-29(36)17-14-25(26)20-27/h6-17,20-21,30,32,36H,3-5,18-19H2,1-2H3,(H,35,38)/t30-,32?/m1/s1. The number of hydrogen-bond donors (Lipinski definition) is 2. The van der Waals surface area contributed by atoms with Gasteiger partial charge in [0.15, 0.2) is 0 Å². The number of hydrogen-bond acceptors (Lipinski definition) is 4. The lowest BCUT2D eigenvalue weighted by Gasteiger charge is -2.29. The van der Waals surface area contributed by atoms with Crippen molar-refractivity contribution in [2.24, 2.45) is 0 Å². The van der Waals surface area contributed by atoms with Gasteiger partial charge in [0, 0.05) is 23.0 Å². The zero-order valence-corrected chi connectivity index (χ0v) is 23.1. The van der Waals surface area contributed by atoms with Crippen LogP contribution in [-0.4, -0.2) is 30.1 Å². The van der Waals surface area contributed by atoms with Crippen molar-refractivity contribution in [1.82, 2.24) is 5.32 Å². The molecule has 1 amide bonds. The van der Waals surface area contributed by atoms with Gasteiger partial charge in [-0.15, -0.1) is 0 Å². The predicted molar refractivity (Wildman–Crippen MR) is 157 cm³/mol. The monoisotopic (exact) mass is 543 g/mol. The van der Waals surface area contributed by atoms with Crippen LogP contribution in [0.1, 0.15) is 72.0 Å². The van der Waals surface area contributed by atoms with Crippen LogP contribution in [0.15, 0.2) is 84.9 Å². The number of phenols is 1. The van der Waals surface area contributed by atoms with Gasteiger partial charge in [0.05, 0.1) is 13.0 Å². The smallest absolute Gasteiger partial charge is 0.307 e. The Hall–Kier alpha value is -3.83. The highest BCUT2D eigenvalue weighted by atomic mass is 35.5. The minimum atomic E-state index is -0.325. The second-order valence-electron chi connectivity index (χ2n) is 9.65. The Kier molecular flexibility index (Phi) is 9.61. The average molecular weight is 544 g/mol. The number of nitrogens with one attached hydrogen (secondary N) is 1. The van der Waals surface area contributed by atoms with Crippen LogP contribution in [0.4, 0.5) is 0 Å². The van der Waals surface area contributed by atoms with E-state index in [4.69, 9.17) is 16.3 Å². The highest BCUT2D eigenvalue weighted by Crippen LogP contribution is 2.42. The lowest BCUT2D eigenvalue weighted by Crippen LogP contribution is -2.26. The summed E-state index contributed by atoms with van der Waals surface area (Å²) in [4.78, 5) is 24.2. The van der Waals surface area contributed by atoms with Crippen molar-refractivity contribution in [3.05, 3.63) is 112 Å². The van der Waals surface area contributed by atoms with Gasteiger partial charge >= 0.3 is 5.97 Å². The van der Waals surface area contributed by atoms with Gasteiger partial charge < -0.3 is 15.2 Å². The first-order chi connectivity index (χ1) is 18.9. The predicted octanol–water partition coefficient (Wildman–Crippen LogP) is 7.60. The second kappa shape index (κ2) is 13.3. The van der Waals surface area contributed by atoms with E-state index in [2.05, 4.69) is 42.6 Å². The molecule has 1 unspecified atom stereocenters. The number of fused-ring (bicyclic) bond motifs is 1. The highest BCUT2D eigenvalue weighted by Gasteiger charge is 2.26. The van der Waals surface area contributed by atoms with E-state index >= 15 is 0 Å². The van der Waals surface area contributed by atoms with Crippen LogP contribution in [0, 0.1) is 0 Å². The average Bonchev–Trinajstić information content (AvgIpc) is 2.94. The van der Waals surface area contributed by atoms with Gasteiger partial charge in [0.2, 0.25) is 0 Å². The summed E-state index contributed by atoms with van der Waals surface area (Å²) < 4.78 is 4.92. The van der Waals surface area contributed by atoms with E-state index in [1.165, 1.54) is 5.56 Å². The molecule has 0 spiro atoms. The van der Waals surface area contributed by atoms with Crippen LogP contribution in [0.3, 0.4) is 0 Å². The first kappa shape index (κ1) is 28.2. The molecule has 0 aromatic heterocycles. The van der Waals surface area contributed by atoms with Crippen molar-refractivity contribution in [2.45, 2.75) is 44.9 Å². The Morgan fingerprint density at radius 1 is 0.846 bits per heavy atom. The van der Waals surface area contributed by atoms with Crippen LogP contribution in [-0.2, 0) is 9.53 Å². The third-order valence-electron chi connectivity index (χ3n) is 6.96. The van der Waals surface area contributed by atoms with Crippen LogP contribution in [0.5, 0.6) is 5.75 Å². The SMILES string of the molecule is CCC[C@H](c1ccc(C(=O)NCCC(=O)OCC)cc1)C(c1ccc(Cl)cc1)c1ccc2cc(O)ccc2c1. The molecule has 202 valence electrons. The van der Waals surface area contributed by atoms with Crippen LogP contribution in [0.2, 0.25) is 5.02 Å². The molecule has 0 saturated heterocycles. The number of halogens is 1. The first-order valence-electron chi connectivity index (χ1n) is 13.4. The number of ether oxygens (including phenoxy) is 1. The molecule has 2 atom stereocenters. The summed E-state index contributed by atoms with van der Waals surface area (Å²) in [7, 11) is 0. The fraction of sp³-hybridized carbons (Fsp3) is 0.273. The minimum absolute atomic E-state index is 0.0599. The molecular formula is C33H34ClNO4. The molecule has 0 heterocycles. The molecule has 0 aliphatic rings. The zero-order chi connectivity index (χ0) is 27.8. The molecular weight excluding hydrogens is 510 g/mol. The molecule has 4 aromatic rings. The topological polar surface area (TPSA) is 75.6 Å². The molecule has 0 aliphatic carbocycles. The van der Waals surface area contributed by atoms with Crippen molar-refractivity contribution in [1.29, 1.82) is 0 Å². The van der Waals surface area contributed by atoms with Gasteiger partial charge in [-0.3, -0.25) is 9.59 Å². The number of amides is 1. The summed E-state index contributed by atoms with van der Waals surface area (Å²) in [5, 5.41) is 15.4. The summed E-state index contributed by atoms with van der Waals surface area (Å²) in [5.41, 5.74) is 4.03. The van der Waals surface area contributed by atoms with E-state index in [1.807, 2.05) is 42.5 Å². The summed E-state index contributed by atoms with van der Waals surface area (Å²) in [6, 6.07) is 27.6. The van der Waals surface area contributed by atoms with Gasteiger partial charge in [-0.05, 0) is 83.1 Å². The summed E-state index contributed by atoms with van der Waals surface area (Å²) in [6.07, 6.45) is 2.09. The van der Waals surface area contributed by atoms with Crippen molar-refractivity contribution >= 4 is 34.2 Å². The van der Waals surface area contributed by atoms with Crippen molar-refractivity contribution in [3.63, 3.8) is 0 Å². The number of esters is 1. The Morgan fingerprint density at radius 2 is 1.49 bits per heavy atom. The van der Waals surface area contributed by atoms with E-state index in [-0.39, 0.29) is 42.4 Å². The number of rotatable bonds is 11. The maximum atomic E-state index is 12.7. The Balaban J connectivity index is 1.64. The van der Waals surface area contributed by atoms with E-state index in [1.54, 1.807) is 19.1 Å². The van der Waals surface area contributed by atoms with Gasteiger partial charge in [-0.25, -0.2) is 0 Å². The number of aromatic hydroxyl groups is 1. The number of carbonyl (C=O) groups excluding carboxylic acids is 2. The molecule has 39 heavy (non-hydrogen) atoms. The van der Waals surface area contributed by atoms with Crippen molar-refractivity contribution in [2.75, 3.05) is 13.2 Å². The fourth-order valence-electron chi connectivity index (χ4n) is 5.10. The van der Waals surface area contributed by atoms with E-state index in [0.29, 0.717) is 17.2 Å². The highest BCUT2D eigenvalue weighted by molar-refractivity contribution is 6.30. The third kappa shape index (κ3) is 7.18. The molecule has 0 fully saturated rings. The Labute approximate surface area is 234 Å². The van der Waals surface area contributed by atoms with Gasteiger partial charge in [0.1, 0.15) is 5.75 Å². The second-order valence-corrected chi connectivity index (χ2v) is 10.1. The summed E-state index contributed by atoms with van der Waals surface area (Å²) >= 11 is 6.24. The molecule has 0 saturated carbocycles. The quantitative estimate of drug-likeness (QED) is 0.191. The van der Waals surface area contributed by atoms with Gasteiger partial charge in [-0.2, -0.15) is 0 Å². The third-order valence-corrected chi connectivity index (χ3v) is 7.21. The number of phenolic OH excluding ortho intramolecular Hbond substituents is 1. The van der Waals surface area contributed by atoms with E-state index in [9.17, 15) is 14.7 Å². The van der Waals surface area contributed by atoms with Gasteiger partial charge in [-0.1, -0.05) is 73.5 Å². The minimum Gasteiger partial charge on any atom is -0.508 e. The Bertz CT molecular complexity index is 1420. The maximum absolute atomic E-state index is 12.7.